The summed E-state index contributed by atoms with van der Waals surface area (Å²) in [7, 11) is 0. The first-order valence-corrected chi connectivity index (χ1v) is 9.35. The highest BCUT2D eigenvalue weighted by Gasteiger charge is 2.46. The highest BCUT2D eigenvalue weighted by atomic mass is 19.1. The Hall–Kier alpha value is -1.42. The number of carbonyl (C=O) groups excluding carboxylic acids is 1. The van der Waals surface area contributed by atoms with Crippen molar-refractivity contribution in [2.45, 2.75) is 68.9 Å². The van der Waals surface area contributed by atoms with Gasteiger partial charge >= 0.3 is 0 Å². The van der Waals surface area contributed by atoms with Crippen molar-refractivity contribution in [2.75, 3.05) is 6.61 Å². The fourth-order valence-electron chi connectivity index (χ4n) is 4.59. The maximum absolute atomic E-state index is 13.3. The third kappa shape index (κ3) is 3.34. The highest BCUT2D eigenvalue weighted by Crippen LogP contribution is 2.48. The van der Waals surface area contributed by atoms with Crippen LogP contribution in [0.15, 0.2) is 24.3 Å². The van der Waals surface area contributed by atoms with E-state index < -0.39 is 0 Å². The van der Waals surface area contributed by atoms with Crippen LogP contribution < -0.4 is 5.32 Å². The van der Waals surface area contributed by atoms with Crippen molar-refractivity contribution < 1.29 is 13.9 Å². The number of ether oxygens (including phenoxy) is 1. The molecule has 1 aromatic rings. The number of benzene rings is 1. The Balaban J connectivity index is 1.33. The van der Waals surface area contributed by atoms with E-state index in [2.05, 4.69) is 5.32 Å². The predicted molar refractivity (Wildman–Crippen MR) is 90.2 cm³/mol. The smallest absolute Gasteiger partial charge is 0.223 e. The average Bonchev–Trinajstić information content (AvgIpc) is 3.36. The summed E-state index contributed by atoms with van der Waals surface area (Å²) in [6.07, 6.45) is 8.75. The summed E-state index contributed by atoms with van der Waals surface area (Å²) >= 11 is 0. The maximum Gasteiger partial charge on any atom is 0.223 e. The van der Waals surface area contributed by atoms with Gasteiger partial charge in [-0.2, -0.15) is 0 Å². The molecule has 3 atom stereocenters. The van der Waals surface area contributed by atoms with Gasteiger partial charge in [-0.1, -0.05) is 31.4 Å². The Bertz CT molecular complexity index is 606. The normalized spacial score (nSPS) is 31.6. The minimum Gasteiger partial charge on any atom is -0.375 e. The maximum atomic E-state index is 13.3. The Morgan fingerprint density at radius 3 is 2.88 bits per heavy atom. The Kier molecular flexibility index (Phi) is 4.33. The Labute approximate surface area is 143 Å². The molecule has 2 saturated carbocycles. The van der Waals surface area contributed by atoms with E-state index in [-0.39, 0.29) is 35.2 Å². The van der Waals surface area contributed by atoms with Gasteiger partial charge in [-0.25, -0.2) is 4.39 Å². The topological polar surface area (TPSA) is 38.3 Å². The van der Waals surface area contributed by atoms with Crippen molar-refractivity contribution in [2.24, 2.45) is 5.92 Å². The summed E-state index contributed by atoms with van der Waals surface area (Å²) in [4.78, 5) is 12.6. The standard InChI is InChI=1S/C20H26FNO2/c21-15-6-4-5-14(11-15)17-12-18(17)19(23)22-16-7-10-24-20(13-16)8-2-1-3-9-20/h4-6,11,16-18H,1-3,7-10,12-13H2,(H,22,23)/t16-,17-,18-/m1/s1. The van der Waals surface area contributed by atoms with E-state index in [0.29, 0.717) is 0 Å². The zero-order valence-corrected chi connectivity index (χ0v) is 14.1. The lowest BCUT2D eigenvalue weighted by molar-refractivity contribution is -0.129. The van der Waals surface area contributed by atoms with E-state index in [1.54, 1.807) is 12.1 Å². The molecular weight excluding hydrogens is 305 g/mol. The average molecular weight is 331 g/mol. The first kappa shape index (κ1) is 16.1. The molecule has 1 N–H and O–H groups in total. The quantitative estimate of drug-likeness (QED) is 0.911. The van der Waals surface area contributed by atoms with Crippen molar-refractivity contribution in [3.05, 3.63) is 35.6 Å². The molecule has 2 aliphatic carbocycles. The van der Waals surface area contributed by atoms with Crippen LogP contribution in [0.25, 0.3) is 0 Å². The second kappa shape index (κ2) is 6.47. The van der Waals surface area contributed by atoms with E-state index in [1.165, 1.54) is 25.3 Å². The SMILES string of the molecule is O=C(N[C@@H]1CCOC2(CCCCC2)C1)[C@@H]1C[C@@H]1c1cccc(F)c1. The number of rotatable bonds is 3. The molecule has 0 radical (unpaired) electrons. The number of hydrogen-bond acceptors (Lipinski definition) is 2. The van der Waals surface area contributed by atoms with E-state index in [4.69, 9.17) is 4.74 Å². The number of carbonyl (C=O) groups is 1. The minimum absolute atomic E-state index is 0.0111. The summed E-state index contributed by atoms with van der Waals surface area (Å²) in [5, 5.41) is 3.25. The summed E-state index contributed by atoms with van der Waals surface area (Å²) in [6, 6.07) is 6.89. The van der Waals surface area contributed by atoms with Gasteiger partial charge in [-0.15, -0.1) is 0 Å². The molecule has 1 aromatic carbocycles. The molecule has 3 aliphatic rings. The number of halogens is 1. The molecular formula is C20H26FNO2. The van der Waals surface area contributed by atoms with Crippen LogP contribution in [0.4, 0.5) is 4.39 Å². The lowest BCUT2D eigenvalue weighted by Crippen LogP contribution is -2.49. The molecule has 4 heteroatoms. The number of amides is 1. The van der Waals surface area contributed by atoms with Gasteiger partial charge in [0.2, 0.25) is 5.91 Å². The minimum atomic E-state index is -0.220. The molecule has 3 nitrogen and oxygen atoms in total. The van der Waals surface area contributed by atoms with E-state index in [9.17, 15) is 9.18 Å². The van der Waals surface area contributed by atoms with Gasteiger partial charge < -0.3 is 10.1 Å². The molecule has 1 saturated heterocycles. The largest absolute Gasteiger partial charge is 0.375 e. The number of nitrogens with one attached hydrogen (secondary N) is 1. The van der Waals surface area contributed by atoms with Gasteiger partial charge in [0.25, 0.3) is 0 Å². The first-order valence-electron chi connectivity index (χ1n) is 9.35. The fourth-order valence-corrected chi connectivity index (χ4v) is 4.59. The lowest BCUT2D eigenvalue weighted by Gasteiger charge is -2.43. The fraction of sp³-hybridized carbons (Fsp3) is 0.650. The van der Waals surface area contributed by atoms with Crippen LogP contribution in [0.2, 0.25) is 0 Å². The zero-order chi connectivity index (χ0) is 16.6. The summed E-state index contributed by atoms with van der Waals surface area (Å²) < 4.78 is 19.4. The molecule has 4 rings (SSSR count). The summed E-state index contributed by atoms with van der Waals surface area (Å²) in [5.41, 5.74) is 0.964. The highest BCUT2D eigenvalue weighted by molar-refractivity contribution is 5.83. The van der Waals surface area contributed by atoms with Crippen molar-refractivity contribution in [3.8, 4) is 0 Å². The van der Waals surface area contributed by atoms with Crippen molar-refractivity contribution in [1.29, 1.82) is 0 Å². The van der Waals surface area contributed by atoms with Crippen LogP contribution in [0.1, 0.15) is 62.8 Å². The van der Waals surface area contributed by atoms with Gasteiger partial charge in [0.1, 0.15) is 5.82 Å². The van der Waals surface area contributed by atoms with Gasteiger partial charge in [0.15, 0.2) is 0 Å². The van der Waals surface area contributed by atoms with Crippen molar-refractivity contribution in [3.63, 3.8) is 0 Å². The third-order valence-electron chi connectivity index (χ3n) is 6.01. The van der Waals surface area contributed by atoms with Gasteiger partial charge in [-0.05, 0) is 55.7 Å². The van der Waals surface area contributed by atoms with Crippen LogP contribution in [-0.2, 0) is 9.53 Å². The van der Waals surface area contributed by atoms with Gasteiger partial charge in [0.05, 0.1) is 5.60 Å². The molecule has 1 amide bonds. The van der Waals surface area contributed by atoms with Crippen LogP contribution in [0, 0.1) is 11.7 Å². The second-order valence-corrected chi connectivity index (χ2v) is 7.79. The number of hydrogen-bond donors (Lipinski definition) is 1. The molecule has 0 aromatic heterocycles. The van der Waals surface area contributed by atoms with Crippen LogP contribution >= 0.6 is 0 Å². The zero-order valence-electron chi connectivity index (χ0n) is 14.1. The Morgan fingerprint density at radius 1 is 1.25 bits per heavy atom. The summed E-state index contributed by atoms with van der Waals surface area (Å²) in [5.74, 6) is 0.116. The molecule has 0 bridgehead atoms. The third-order valence-corrected chi connectivity index (χ3v) is 6.01. The monoisotopic (exact) mass is 331 g/mol. The van der Waals surface area contributed by atoms with E-state index in [0.717, 1.165) is 44.3 Å². The molecule has 130 valence electrons. The molecule has 1 spiro atoms. The second-order valence-electron chi connectivity index (χ2n) is 7.79. The first-order chi connectivity index (χ1) is 11.7. The van der Waals surface area contributed by atoms with E-state index in [1.807, 2.05) is 6.07 Å². The Morgan fingerprint density at radius 2 is 2.08 bits per heavy atom. The predicted octanol–water partition coefficient (Wildman–Crippen LogP) is 3.93. The summed E-state index contributed by atoms with van der Waals surface area (Å²) in [6.45, 7) is 0.753. The molecule has 0 unspecified atom stereocenters. The molecule has 1 aliphatic heterocycles. The molecule has 3 fully saturated rings. The van der Waals surface area contributed by atoms with Crippen LogP contribution in [-0.4, -0.2) is 24.2 Å². The molecule has 1 heterocycles. The van der Waals surface area contributed by atoms with Crippen LogP contribution in [0.5, 0.6) is 0 Å². The lowest BCUT2D eigenvalue weighted by atomic mass is 9.78. The van der Waals surface area contributed by atoms with Crippen molar-refractivity contribution in [1.82, 2.24) is 5.32 Å². The molecule has 24 heavy (non-hydrogen) atoms. The van der Waals surface area contributed by atoms with Crippen LogP contribution in [0.3, 0.4) is 0 Å². The van der Waals surface area contributed by atoms with Crippen molar-refractivity contribution >= 4 is 5.91 Å². The van der Waals surface area contributed by atoms with Gasteiger partial charge in [-0.3, -0.25) is 4.79 Å². The van der Waals surface area contributed by atoms with E-state index >= 15 is 0 Å². The van der Waals surface area contributed by atoms with Gasteiger partial charge in [0, 0.05) is 18.6 Å².